The van der Waals surface area contributed by atoms with Crippen molar-refractivity contribution < 1.29 is 0 Å². The Kier molecular flexibility index (Phi) is 5.38. The molecule has 0 spiro atoms. The Morgan fingerprint density at radius 2 is 1.56 bits per heavy atom. The van der Waals surface area contributed by atoms with Gasteiger partial charge in [0.1, 0.15) is 0 Å². The fourth-order valence-corrected chi connectivity index (χ4v) is 2.04. The second-order valence-corrected chi connectivity index (χ2v) is 7.04. The molecule has 0 saturated heterocycles. The summed E-state index contributed by atoms with van der Waals surface area (Å²) in [5.74, 6) is 0. The van der Waals surface area contributed by atoms with Crippen molar-refractivity contribution in [3.05, 3.63) is 34.3 Å². The standard InChI is InChI=1S/C15H25BrN2/c1-14(2,10-18-11-15(3,4)17-5)12-6-8-13(16)9-7-12/h6-9,17-18H,10-11H2,1-5H3. The van der Waals surface area contributed by atoms with Gasteiger partial charge in [0.2, 0.25) is 0 Å². The molecule has 0 heterocycles. The minimum atomic E-state index is 0.135. The Bertz CT molecular complexity index is 369. The second kappa shape index (κ2) is 6.18. The number of nitrogens with one attached hydrogen (secondary N) is 2. The maximum absolute atomic E-state index is 3.56. The van der Waals surface area contributed by atoms with Crippen LogP contribution in [0.3, 0.4) is 0 Å². The van der Waals surface area contributed by atoms with Crippen molar-refractivity contribution in [2.24, 2.45) is 0 Å². The molecular formula is C15H25BrN2. The summed E-state index contributed by atoms with van der Waals surface area (Å²) >= 11 is 3.48. The van der Waals surface area contributed by atoms with Gasteiger partial charge in [0.25, 0.3) is 0 Å². The molecule has 2 N–H and O–H groups in total. The van der Waals surface area contributed by atoms with Gasteiger partial charge in [0.05, 0.1) is 0 Å². The van der Waals surface area contributed by atoms with Crippen molar-refractivity contribution in [3.63, 3.8) is 0 Å². The van der Waals surface area contributed by atoms with Gasteiger partial charge in [-0.3, -0.25) is 0 Å². The van der Waals surface area contributed by atoms with E-state index in [1.54, 1.807) is 0 Å². The van der Waals surface area contributed by atoms with Crippen LogP contribution in [-0.4, -0.2) is 25.7 Å². The van der Waals surface area contributed by atoms with E-state index in [2.05, 4.69) is 78.5 Å². The third-order valence-electron chi connectivity index (χ3n) is 3.44. The zero-order valence-corrected chi connectivity index (χ0v) is 13.7. The summed E-state index contributed by atoms with van der Waals surface area (Å²) in [6.07, 6.45) is 0. The lowest BCUT2D eigenvalue weighted by Gasteiger charge is -2.30. The molecule has 0 saturated carbocycles. The van der Waals surface area contributed by atoms with Gasteiger partial charge in [-0.15, -0.1) is 0 Å². The molecule has 1 rings (SSSR count). The molecule has 102 valence electrons. The average molecular weight is 313 g/mol. The number of hydrogen-bond donors (Lipinski definition) is 2. The summed E-state index contributed by atoms with van der Waals surface area (Å²) in [6.45, 7) is 10.9. The first-order valence-electron chi connectivity index (χ1n) is 6.42. The van der Waals surface area contributed by atoms with Gasteiger partial charge in [-0.05, 0) is 38.6 Å². The molecule has 3 heteroatoms. The highest BCUT2D eigenvalue weighted by Gasteiger charge is 2.22. The quantitative estimate of drug-likeness (QED) is 0.842. The van der Waals surface area contributed by atoms with Crippen LogP contribution in [0.1, 0.15) is 33.3 Å². The molecule has 0 bridgehead atoms. The van der Waals surface area contributed by atoms with E-state index in [1.807, 2.05) is 7.05 Å². The molecule has 0 aliphatic carbocycles. The smallest absolute Gasteiger partial charge is 0.0246 e. The van der Waals surface area contributed by atoms with E-state index < -0.39 is 0 Å². The van der Waals surface area contributed by atoms with Crippen LogP contribution < -0.4 is 10.6 Å². The third kappa shape index (κ3) is 4.71. The lowest BCUT2D eigenvalue weighted by Crippen LogP contribution is -2.48. The van der Waals surface area contributed by atoms with Crippen molar-refractivity contribution in [1.82, 2.24) is 10.6 Å². The average Bonchev–Trinajstić information content (AvgIpc) is 2.29. The Morgan fingerprint density at radius 1 is 1.00 bits per heavy atom. The van der Waals surface area contributed by atoms with Crippen molar-refractivity contribution in [1.29, 1.82) is 0 Å². The van der Waals surface area contributed by atoms with Gasteiger partial charge in [0, 0.05) is 28.5 Å². The molecule has 0 amide bonds. The van der Waals surface area contributed by atoms with E-state index in [9.17, 15) is 0 Å². The highest BCUT2D eigenvalue weighted by atomic mass is 79.9. The predicted octanol–water partition coefficient (Wildman–Crippen LogP) is 3.31. The minimum absolute atomic E-state index is 0.135. The highest BCUT2D eigenvalue weighted by Crippen LogP contribution is 2.24. The number of rotatable bonds is 6. The lowest BCUT2D eigenvalue weighted by atomic mass is 9.84. The summed E-state index contributed by atoms with van der Waals surface area (Å²) < 4.78 is 1.13. The normalized spacial score (nSPS) is 12.8. The maximum atomic E-state index is 3.56. The van der Waals surface area contributed by atoms with Crippen LogP contribution in [0.4, 0.5) is 0 Å². The Morgan fingerprint density at radius 3 is 2.06 bits per heavy atom. The summed E-state index contributed by atoms with van der Waals surface area (Å²) in [4.78, 5) is 0. The number of benzene rings is 1. The summed E-state index contributed by atoms with van der Waals surface area (Å²) in [5.41, 5.74) is 1.64. The first-order chi connectivity index (χ1) is 8.27. The van der Waals surface area contributed by atoms with Crippen molar-refractivity contribution >= 4 is 15.9 Å². The Hall–Kier alpha value is -0.380. The number of hydrogen-bond acceptors (Lipinski definition) is 2. The lowest BCUT2D eigenvalue weighted by molar-refractivity contribution is 0.367. The van der Waals surface area contributed by atoms with Crippen LogP contribution in [-0.2, 0) is 5.41 Å². The topological polar surface area (TPSA) is 24.1 Å². The molecular weight excluding hydrogens is 288 g/mol. The van der Waals surface area contributed by atoms with E-state index >= 15 is 0 Å². The molecule has 0 radical (unpaired) electrons. The van der Waals surface area contributed by atoms with E-state index in [0.29, 0.717) is 0 Å². The molecule has 0 unspecified atom stereocenters. The van der Waals surface area contributed by atoms with Gasteiger partial charge in [-0.1, -0.05) is 41.9 Å². The molecule has 0 fully saturated rings. The van der Waals surface area contributed by atoms with Crippen molar-refractivity contribution in [2.45, 2.75) is 38.6 Å². The van der Waals surface area contributed by atoms with Crippen LogP contribution in [0, 0.1) is 0 Å². The monoisotopic (exact) mass is 312 g/mol. The summed E-state index contributed by atoms with van der Waals surface area (Å²) in [7, 11) is 2.00. The highest BCUT2D eigenvalue weighted by molar-refractivity contribution is 9.10. The zero-order valence-electron chi connectivity index (χ0n) is 12.1. The molecule has 0 aliphatic rings. The van der Waals surface area contributed by atoms with E-state index in [-0.39, 0.29) is 11.0 Å². The summed E-state index contributed by atoms with van der Waals surface area (Å²) in [6, 6.07) is 8.59. The third-order valence-corrected chi connectivity index (χ3v) is 3.97. The number of likely N-dealkylation sites (N-methyl/N-ethyl adjacent to an activating group) is 1. The SMILES string of the molecule is CNC(C)(C)CNCC(C)(C)c1ccc(Br)cc1. The molecule has 0 aliphatic heterocycles. The van der Waals surface area contributed by atoms with Crippen LogP contribution in [0.5, 0.6) is 0 Å². The number of halogens is 1. The molecule has 2 nitrogen and oxygen atoms in total. The molecule has 1 aromatic rings. The van der Waals surface area contributed by atoms with Crippen LogP contribution in [0.15, 0.2) is 28.7 Å². The molecule has 0 aromatic heterocycles. The maximum Gasteiger partial charge on any atom is 0.0246 e. The van der Waals surface area contributed by atoms with E-state index in [0.717, 1.165) is 17.6 Å². The molecule has 0 atom stereocenters. The van der Waals surface area contributed by atoms with Gasteiger partial charge in [0.15, 0.2) is 0 Å². The van der Waals surface area contributed by atoms with Crippen molar-refractivity contribution in [2.75, 3.05) is 20.1 Å². The van der Waals surface area contributed by atoms with Crippen molar-refractivity contribution in [3.8, 4) is 0 Å². The van der Waals surface area contributed by atoms with Gasteiger partial charge < -0.3 is 10.6 Å². The minimum Gasteiger partial charge on any atom is -0.314 e. The fourth-order valence-electron chi connectivity index (χ4n) is 1.78. The predicted molar refractivity (Wildman–Crippen MR) is 83.2 cm³/mol. The molecule has 18 heavy (non-hydrogen) atoms. The molecule has 1 aromatic carbocycles. The Labute approximate surface area is 120 Å². The van der Waals surface area contributed by atoms with E-state index in [1.165, 1.54) is 5.56 Å². The van der Waals surface area contributed by atoms with Gasteiger partial charge in [-0.25, -0.2) is 0 Å². The van der Waals surface area contributed by atoms with E-state index in [4.69, 9.17) is 0 Å². The zero-order chi connectivity index (χ0) is 13.8. The second-order valence-electron chi connectivity index (χ2n) is 6.13. The van der Waals surface area contributed by atoms with Crippen LogP contribution in [0.2, 0.25) is 0 Å². The van der Waals surface area contributed by atoms with Crippen LogP contribution >= 0.6 is 15.9 Å². The largest absolute Gasteiger partial charge is 0.314 e. The fraction of sp³-hybridized carbons (Fsp3) is 0.600. The van der Waals surface area contributed by atoms with Crippen LogP contribution in [0.25, 0.3) is 0 Å². The summed E-state index contributed by atoms with van der Waals surface area (Å²) in [5, 5.41) is 6.86. The first kappa shape index (κ1) is 15.7. The first-order valence-corrected chi connectivity index (χ1v) is 7.22. The Balaban J connectivity index is 2.57. The van der Waals surface area contributed by atoms with Gasteiger partial charge in [-0.2, -0.15) is 0 Å². The van der Waals surface area contributed by atoms with Gasteiger partial charge >= 0.3 is 0 Å².